The summed E-state index contributed by atoms with van der Waals surface area (Å²) in [4.78, 5) is 14.8. The van der Waals surface area contributed by atoms with Crippen molar-refractivity contribution >= 4 is 18.7 Å². The van der Waals surface area contributed by atoms with Crippen molar-refractivity contribution in [2.24, 2.45) is 5.92 Å². The first kappa shape index (κ1) is 28.1. The molecule has 1 heterocycles. The molecule has 196 valence electrons. The maximum absolute atomic E-state index is 13.0. The third-order valence-electron chi connectivity index (χ3n) is 6.37. The largest absolute Gasteiger partial charge is 0.494 e. The molecule has 1 amide bonds. The highest BCUT2D eigenvalue weighted by molar-refractivity contribution is 6.62. The first-order valence-corrected chi connectivity index (χ1v) is 12.8. The molecule has 0 aliphatic carbocycles. The van der Waals surface area contributed by atoms with Crippen LogP contribution in [0.2, 0.25) is 0 Å². The number of amides is 1. The molecule has 2 aromatic carbocycles. The Morgan fingerprint density at radius 3 is 2.14 bits per heavy atom. The number of carbonyl (C=O) groups excluding carboxylic acids is 1. The minimum Gasteiger partial charge on any atom is -0.489 e. The van der Waals surface area contributed by atoms with Gasteiger partial charge in [-0.05, 0) is 83.1 Å². The summed E-state index contributed by atoms with van der Waals surface area (Å²) in [6.07, 6.45) is -0.330. The topological polar surface area (TPSA) is 57.2 Å². The van der Waals surface area contributed by atoms with Crippen LogP contribution >= 0.6 is 0 Å². The minimum atomic E-state index is -0.569. The molecule has 1 aliphatic heterocycles. The molecule has 0 unspecified atom stereocenters. The van der Waals surface area contributed by atoms with Crippen molar-refractivity contribution < 1.29 is 23.6 Å². The van der Waals surface area contributed by atoms with Gasteiger partial charge in [0.2, 0.25) is 0 Å². The molecule has 36 heavy (non-hydrogen) atoms. The van der Waals surface area contributed by atoms with Crippen molar-refractivity contribution in [1.29, 1.82) is 0 Å². The molecule has 0 aromatic heterocycles. The van der Waals surface area contributed by atoms with Crippen molar-refractivity contribution in [3.8, 4) is 5.75 Å². The molecule has 2 aromatic rings. The van der Waals surface area contributed by atoms with Crippen LogP contribution in [0.25, 0.3) is 0 Å². The van der Waals surface area contributed by atoms with Gasteiger partial charge in [0.15, 0.2) is 0 Å². The molecular formula is C29H42BNO5. The molecule has 3 rings (SSSR count). The van der Waals surface area contributed by atoms with Gasteiger partial charge in [-0.3, -0.25) is 0 Å². The lowest BCUT2D eigenvalue weighted by Crippen LogP contribution is -2.41. The van der Waals surface area contributed by atoms with E-state index in [1.807, 2.05) is 97.0 Å². The molecule has 7 heteroatoms. The Balaban J connectivity index is 1.92. The van der Waals surface area contributed by atoms with Gasteiger partial charge in [0.1, 0.15) is 18.0 Å². The maximum atomic E-state index is 13.0. The third-order valence-corrected chi connectivity index (χ3v) is 6.37. The fourth-order valence-electron chi connectivity index (χ4n) is 3.91. The van der Waals surface area contributed by atoms with Gasteiger partial charge in [0.05, 0.1) is 11.2 Å². The van der Waals surface area contributed by atoms with Crippen molar-refractivity contribution in [2.75, 3.05) is 6.54 Å². The van der Waals surface area contributed by atoms with Crippen molar-refractivity contribution in [3.63, 3.8) is 0 Å². The number of carbonyl (C=O) groups is 1. The Bertz CT molecular complexity index is 1010. The maximum Gasteiger partial charge on any atom is 0.494 e. The zero-order chi connectivity index (χ0) is 26.7. The summed E-state index contributed by atoms with van der Waals surface area (Å²) in [5, 5.41) is 0. The lowest BCUT2D eigenvalue weighted by molar-refractivity contribution is 0.00578. The van der Waals surface area contributed by atoms with Crippen LogP contribution in [-0.2, 0) is 27.2 Å². The van der Waals surface area contributed by atoms with Gasteiger partial charge < -0.3 is 23.7 Å². The van der Waals surface area contributed by atoms with Crippen molar-refractivity contribution in [3.05, 3.63) is 59.7 Å². The Morgan fingerprint density at radius 2 is 1.58 bits per heavy atom. The van der Waals surface area contributed by atoms with E-state index in [-0.39, 0.29) is 12.0 Å². The molecule has 0 spiro atoms. The molecule has 0 N–H and O–H groups in total. The summed E-state index contributed by atoms with van der Waals surface area (Å²) in [5.41, 5.74) is 1.38. The van der Waals surface area contributed by atoms with Gasteiger partial charge in [-0.25, -0.2) is 4.79 Å². The normalized spacial score (nSPS) is 16.8. The van der Waals surface area contributed by atoms with Crippen LogP contribution in [0.15, 0.2) is 48.5 Å². The molecule has 1 aliphatic rings. The number of nitrogens with zero attached hydrogens (tertiary/aromatic N) is 1. The highest BCUT2D eigenvalue weighted by Gasteiger charge is 2.51. The van der Waals surface area contributed by atoms with E-state index in [0.29, 0.717) is 25.4 Å². The second-order valence-corrected chi connectivity index (χ2v) is 12.0. The Hall–Kier alpha value is -2.51. The average Bonchev–Trinajstić information content (AvgIpc) is 2.98. The number of ether oxygens (including phenoxy) is 2. The summed E-state index contributed by atoms with van der Waals surface area (Å²) in [6.45, 7) is 19.4. The van der Waals surface area contributed by atoms with E-state index >= 15 is 0 Å². The van der Waals surface area contributed by atoms with Gasteiger partial charge >= 0.3 is 13.2 Å². The molecular weight excluding hydrogens is 453 g/mol. The van der Waals surface area contributed by atoms with Gasteiger partial charge in [-0.1, -0.05) is 50.2 Å². The van der Waals surface area contributed by atoms with E-state index < -0.39 is 23.9 Å². The Labute approximate surface area is 217 Å². The van der Waals surface area contributed by atoms with Gasteiger partial charge in [-0.15, -0.1) is 0 Å². The predicted molar refractivity (Wildman–Crippen MR) is 144 cm³/mol. The van der Waals surface area contributed by atoms with Gasteiger partial charge in [0, 0.05) is 13.1 Å². The lowest BCUT2D eigenvalue weighted by atomic mass is 9.78. The van der Waals surface area contributed by atoms with Crippen molar-refractivity contribution in [1.82, 2.24) is 4.90 Å². The van der Waals surface area contributed by atoms with Crippen LogP contribution in [0.1, 0.15) is 73.4 Å². The standard InChI is InChI=1S/C29H42BNO5/c1-21(2)18-31(26(32)34-27(3,4)5)19-23-15-24(30-35-28(6,7)29(8,9)36-30)17-25(16-23)33-20-22-13-11-10-12-14-22/h10-17,21H,18-20H2,1-9H3. The van der Waals surface area contributed by atoms with Crippen LogP contribution in [-0.4, -0.2) is 41.5 Å². The number of hydrogen-bond acceptors (Lipinski definition) is 5. The van der Waals surface area contributed by atoms with E-state index in [2.05, 4.69) is 13.8 Å². The smallest absolute Gasteiger partial charge is 0.489 e. The van der Waals surface area contributed by atoms with E-state index in [9.17, 15) is 4.79 Å². The van der Waals surface area contributed by atoms with E-state index in [4.69, 9.17) is 18.8 Å². The molecule has 0 saturated carbocycles. The highest BCUT2D eigenvalue weighted by Crippen LogP contribution is 2.37. The summed E-state index contributed by atoms with van der Waals surface area (Å²) >= 11 is 0. The number of benzene rings is 2. The predicted octanol–water partition coefficient (Wildman–Crippen LogP) is 5.96. The fraction of sp³-hybridized carbons (Fsp3) is 0.552. The van der Waals surface area contributed by atoms with Crippen LogP contribution < -0.4 is 10.2 Å². The van der Waals surface area contributed by atoms with Gasteiger partial charge in [0.25, 0.3) is 0 Å². The van der Waals surface area contributed by atoms with Crippen LogP contribution in [0.4, 0.5) is 4.79 Å². The van der Waals surface area contributed by atoms with E-state index in [0.717, 1.165) is 16.6 Å². The number of rotatable bonds is 8. The van der Waals surface area contributed by atoms with Crippen LogP contribution in [0.3, 0.4) is 0 Å². The average molecular weight is 495 g/mol. The fourth-order valence-corrected chi connectivity index (χ4v) is 3.91. The zero-order valence-corrected chi connectivity index (χ0v) is 23.4. The molecule has 0 bridgehead atoms. The quantitative estimate of drug-likeness (QED) is 0.423. The second kappa shape index (κ2) is 10.9. The van der Waals surface area contributed by atoms with Gasteiger partial charge in [-0.2, -0.15) is 0 Å². The SMILES string of the molecule is CC(C)CN(Cc1cc(OCc2ccccc2)cc(B2OC(C)(C)C(C)(C)O2)c1)C(=O)OC(C)(C)C. The minimum absolute atomic E-state index is 0.289. The van der Waals surface area contributed by atoms with Crippen LogP contribution in [0, 0.1) is 5.92 Å². The lowest BCUT2D eigenvalue weighted by Gasteiger charge is -2.32. The Kier molecular flexibility index (Phi) is 8.46. The molecule has 0 radical (unpaired) electrons. The summed E-state index contributed by atoms with van der Waals surface area (Å²) in [6, 6.07) is 16.0. The summed E-state index contributed by atoms with van der Waals surface area (Å²) in [7, 11) is -0.533. The summed E-state index contributed by atoms with van der Waals surface area (Å²) in [5.74, 6) is 0.993. The second-order valence-electron chi connectivity index (χ2n) is 12.0. The molecule has 1 fully saturated rings. The third kappa shape index (κ3) is 7.50. The highest BCUT2D eigenvalue weighted by atomic mass is 16.7. The zero-order valence-electron chi connectivity index (χ0n) is 23.4. The molecule has 6 nitrogen and oxygen atoms in total. The number of hydrogen-bond donors (Lipinski definition) is 0. The Morgan fingerprint density at radius 1 is 0.972 bits per heavy atom. The van der Waals surface area contributed by atoms with E-state index in [1.165, 1.54) is 0 Å². The first-order valence-electron chi connectivity index (χ1n) is 12.8. The van der Waals surface area contributed by atoms with Crippen LogP contribution in [0.5, 0.6) is 5.75 Å². The van der Waals surface area contributed by atoms with Crippen molar-refractivity contribution in [2.45, 2.75) is 92.3 Å². The van der Waals surface area contributed by atoms with E-state index in [1.54, 1.807) is 4.90 Å². The monoisotopic (exact) mass is 495 g/mol. The molecule has 1 saturated heterocycles. The molecule has 0 atom stereocenters. The summed E-state index contributed by atoms with van der Waals surface area (Å²) < 4.78 is 24.5. The first-order chi connectivity index (χ1) is 16.6.